The third-order valence-corrected chi connectivity index (χ3v) is 6.79. The van der Waals surface area contributed by atoms with Crippen LogP contribution in [0.15, 0.2) is 45.6 Å². The Kier molecular flexibility index (Phi) is 5.59. The van der Waals surface area contributed by atoms with Crippen molar-refractivity contribution in [2.45, 2.75) is 38.1 Å². The van der Waals surface area contributed by atoms with Crippen LogP contribution in [0.3, 0.4) is 0 Å². The van der Waals surface area contributed by atoms with Gasteiger partial charge in [0, 0.05) is 11.6 Å². The van der Waals surface area contributed by atoms with Crippen molar-refractivity contribution >= 4 is 40.5 Å². The van der Waals surface area contributed by atoms with Crippen molar-refractivity contribution in [3.63, 3.8) is 0 Å². The number of benzene rings is 2. The lowest BCUT2D eigenvalue weighted by Gasteiger charge is -2.19. The number of aryl methyl sites for hydroxylation is 1. The van der Waals surface area contributed by atoms with Crippen LogP contribution in [-0.2, 0) is 9.59 Å². The molecule has 2 aliphatic rings. The van der Waals surface area contributed by atoms with E-state index in [4.69, 9.17) is 20.8 Å². The smallest absolute Gasteiger partial charge is 0.331 e. The standard InChI is InChI=1S/C25H20ClFN2O6/c1-13-20(21-16(26)5-4-6-17(21)27)22(31)15-8-7-14(11-18(15)34-13)35-19(30)12-29-23(32)25(28-24(29)33)9-2-3-10-25/h4-8,11H,2-3,9-10,12H2,1H3,(H,28,33). The van der Waals surface area contributed by atoms with Gasteiger partial charge in [-0.15, -0.1) is 0 Å². The number of urea groups is 1. The maximum absolute atomic E-state index is 14.4. The van der Waals surface area contributed by atoms with Crippen LogP contribution in [0, 0.1) is 12.7 Å². The lowest BCUT2D eigenvalue weighted by molar-refractivity contribution is -0.140. The molecule has 180 valence electrons. The Morgan fingerprint density at radius 3 is 2.63 bits per heavy atom. The molecule has 10 heteroatoms. The Labute approximate surface area is 203 Å². The number of carbonyl (C=O) groups is 3. The summed E-state index contributed by atoms with van der Waals surface area (Å²) >= 11 is 6.14. The molecule has 3 amide bonds. The summed E-state index contributed by atoms with van der Waals surface area (Å²) in [6, 6.07) is 7.61. The van der Waals surface area contributed by atoms with Crippen molar-refractivity contribution in [1.82, 2.24) is 10.2 Å². The molecule has 2 aromatic carbocycles. The maximum atomic E-state index is 14.4. The van der Waals surface area contributed by atoms with Crippen LogP contribution in [0.5, 0.6) is 5.75 Å². The molecule has 1 spiro atoms. The van der Waals surface area contributed by atoms with E-state index in [0.29, 0.717) is 12.8 Å². The Bertz CT molecular complexity index is 1440. The number of ether oxygens (including phenoxy) is 1. The summed E-state index contributed by atoms with van der Waals surface area (Å²) in [7, 11) is 0. The molecular formula is C25H20ClFN2O6. The Hall–Kier alpha value is -3.72. The highest BCUT2D eigenvalue weighted by Crippen LogP contribution is 2.35. The molecule has 8 nitrogen and oxygen atoms in total. The first-order valence-electron chi connectivity index (χ1n) is 11.1. The number of fused-ring (bicyclic) bond motifs is 1. The van der Waals surface area contributed by atoms with Gasteiger partial charge in [-0.05, 0) is 44.0 Å². The van der Waals surface area contributed by atoms with Gasteiger partial charge in [0.05, 0.1) is 16.0 Å². The quantitative estimate of drug-likeness (QED) is 0.326. The minimum atomic E-state index is -0.917. The van der Waals surface area contributed by atoms with E-state index in [2.05, 4.69) is 5.32 Å². The van der Waals surface area contributed by atoms with Gasteiger partial charge in [-0.25, -0.2) is 14.0 Å². The van der Waals surface area contributed by atoms with E-state index < -0.39 is 41.2 Å². The highest BCUT2D eigenvalue weighted by atomic mass is 35.5. The Morgan fingerprint density at radius 1 is 1.17 bits per heavy atom. The lowest BCUT2D eigenvalue weighted by Crippen LogP contribution is -2.44. The number of esters is 1. The number of hydrogen-bond donors (Lipinski definition) is 1. The van der Waals surface area contributed by atoms with Crippen LogP contribution in [0.1, 0.15) is 31.4 Å². The highest BCUT2D eigenvalue weighted by molar-refractivity contribution is 6.33. The first kappa shape index (κ1) is 23.0. The van der Waals surface area contributed by atoms with E-state index in [0.717, 1.165) is 17.7 Å². The van der Waals surface area contributed by atoms with Crippen molar-refractivity contribution in [2.24, 2.45) is 0 Å². The highest BCUT2D eigenvalue weighted by Gasteiger charge is 2.52. The molecule has 35 heavy (non-hydrogen) atoms. The number of rotatable bonds is 4. The third kappa shape index (κ3) is 3.85. The predicted octanol–water partition coefficient (Wildman–Crippen LogP) is 4.33. The summed E-state index contributed by atoms with van der Waals surface area (Å²) in [5, 5.41) is 2.92. The summed E-state index contributed by atoms with van der Waals surface area (Å²) in [6.07, 6.45) is 2.76. The van der Waals surface area contributed by atoms with Gasteiger partial charge in [0.25, 0.3) is 5.91 Å². The van der Waals surface area contributed by atoms with Crippen molar-refractivity contribution < 1.29 is 27.9 Å². The van der Waals surface area contributed by atoms with E-state index in [1.807, 2.05) is 0 Å². The molecule has 5 rings (SSSR count). The van der Waals surface area contributed by atoms with Crippen molar-refractivity contribution in [3.05, 3.63) is 63.2 Å². The number of halogens is 2. The van der Waals surface area contributed by atoms with Crippen molar-refractivity contribution in [3.8, 4) is 16.9 Å². The average molecular weight is 499 g/mol. The van der Waals surface area contributed by atoms with Gasteiger partial charge in [-0.3, -0.25) is 14.5 Å². The van der Waals surface area contributed by atoms with Crippen molar-refractivity contribution in [2.75, 3.05) is 6.54 Å². The SMILES string of the molecule is Cc1oc2cc(OC(=O)CN3C(=O)NC4(CCCC4)C3=O)ccc2c(=O)c1-c1c(F)cccc1Cl. The normalized spacial score (nSPS) is 16.8. The number of amides is 3. The number of hydrogen-bond acceptors (Lipinski definition) is 6. The topological polar surface area (TPSA) is 106 Å². The second-order valence-corrected chi connectivity index (χ2v) is 9.11. The molecule has 0 bridgehead atoms. The summed E-state index contributed by atoms with van der Waals surface area (Å²) in [5.74, 6) is -1.70. The zero-order valence-corrected chi connectivity index (χ0v) is 19.4. The lowest BCUT2D eigenvalue weighted by atomic mass is 9.98. The first-order chi connectivity index (χ1) is 16.7. The van der Waals surface area contributed by atoms with E-state index in [1.165, 1.54) is 43.3 Å². The number of imide groups is 1. The number of nitrogens with one attached hydrogen (secondary N) is 1. The van der Waals surface area contributed by atoms with E-state index in [1.54, 1.807) is 0 Å². The molecule has 2 heterocycles. The van der Waals surface area contributed by atoms with Gasteiger partial charge in [0.15, 0.2) is 0 Å². The Balaban J connectivity index is 1.40. The van der Waals surface area contributed by atoms with Gasteiger partial charge < -0.3 is 14.5 Å². The maximum Gasteiger partial charge on any atom is 0.331 e. The van der Waals surface area contributed by atoms with E-state index in [-0.39, 0.29) is 38.6 Å². The molecule has 1 saturated heterocycles. The van der Waals surface area contributed by atoms with Gasteiger partial charge in [0.1, 0.15) is 35.0 Å². The van der Waals surface area contributed by atoms with Crippen LogP contribution < -0.4 is 15.5 Å². The monoisotopic (exact) mass is 498 g/mol. The molecule has 2 fully saturated rings. The Morgan fingerprint density at radius 2 is 1.91 bits per heavy atom. The largest absolute Gasteiger partial charge is 0.460 e. The van der Waals surface area contributed by atoms with Gasteiger partial charge in [-0.2, -0.15) is 0 Å². The molecule has 1 N–H and O–H groups in total. The fraction of sp³-hybridized carbons (Fsp3) is 0.280. The number of nitrogens with zero attached hydrogens (tertiary/aromatic N) is 1. The predicted molar refractivity (Wildman–Crippen MR) is 125 cm³/mol. The van der Waals surface area contributed by atoms with Crippen LogP contribution in [0.2, 0.25) is 5.02 Å². The van der Waals surface area contributed by atoms with Gasteiger partial charge >= 0.3 is 12.0 Å². The van der Waals surface area contributed by atoms with Crippen molar-refractivity contribution in [1.29, 1.82) is 0 Å². The molecule has 1 aliphatic heterocycles. The molecule has 1 aliphatic carbocycles. The molecular weight excluding hydrogens is 479 g/mol. The molecule has 0 atom stereocenters. The minimum absolute atomic E-state index is 0.00439. The van der Waals surface area contributed by atoms with Crippen LogP contribution in [0.4, 0.5) is 9.18 Å². The summed E-state index contributed by atoms with van der Waals surface area (Å²) < 4.78 is 25.5. The molecule has 0 unspecified atom stereocenters. The minimum Gasteiger partial charge on any atom is -0.460 e. The van der Waals surface area contributed by atoms with E-state index >= 15 is 0 Å². The summed E-state index contributed by atoms with van der Waals surface area (Å²) in [6.45, 7) is 0.965. The van der Waals surface area contributed by atoms with E-state index in [9.17, 15) is 23.6 Å². The first-order valence-corrected chi connectivity index (χ1v) is 11.4. The summed E-state index contributed by atoms with van der Waals surface area (Å²) in [5.41, 5.74) is -1.33. The molecule has 1 aromatic heterocycles. The number of carbonyl (C=O) groups excluding carboxylic acids is 3. The second kappa shape index (κ2) is 8.49. The molecule has 3 aromatic rings. The fourth-order valence-corrected chi connectivity index (χ4v) is 5.06. The molecule has 0 radical (unpaired) electrons. The zero-order chi connectivity index (χ0) is 24.9. The van der Waals surface area contributed by atoms with Crippen LogP contribution in [-0.4, -0.2) is 34.9 Å². The van der Waals surface area contributed by atoms with Crippen LogP contribution in [0.25, 0.3) is 22.1 Å². The summed E-state index contributed by atoms with van der Waals surface area (Å²) in [4.78, 5) is 51.5. The second-order valence-electron chi connectivity index (χ2n) is 8.70. The average Bonchev–Trinajstić information content (AvgIpc) is 3.36. The van der Waals surface area contributed by atoms with Crippen LogP contribution >= 0.6 is 11.6 Å². The van der Waals surface area contributed by atoms with Gasteiger partial charge in [-0.1, -0.05) is 30.5 Å². The third-order valence-electron chi connectivity index (χ3n) is 6.47. The molecule has 1 saturated carbocycles. The fourth-order valence-electron chi connectivity index (χ4n) is 4.80. The zero-order valence-electron chi connectivity index (χ0n) is 18.7. The van der Waals surface area contributed by atoms with Gasteiger partial charge in [0.2, 0.25) is 5.43 Å².